The molecular formula is C35H38Cl2N8O4. The number of carbonyl (C=O) groups excluding carboxylic acids is 2. The van der Waals surface area contributed by atoms with Crippen LogP contribution in [-0.4, -0.2) is 71.6 Å². The van der Waals surface area contributed by atoms with Crippen LogP contribution in [-0.2, 0) is 22.7 Å². The fourth-order valence-electron chi connectivity index (χ4n) is 6.12. The summed E-state index contributed by atoms with van der Waals surface area (Å²) in [7, 11) is 3.11. The predicted molar refractivity (Wildman–Crippen MR) is 187 cm³/mol. The van der Waals surface area contributed by atoms with Crippen molar-refractivity contribution in [3.8, 4) is 45.4 Å². The van der Waals surface area contributed by atoms with E-state index in [0.29, 0.717) is 112 Å². The molecule has 4 N–H and O–H groups in total. The van der Waals surface area contributed by atoms with E-state index in [2.05, 4.69) is 31.2 Å². The molecule has 0 aliphatic carbocycles. The summed E-state index contributed by atoms with van der Waals surface area (Å²) in [6, 6.07) is 11.5. The molecule has 14 heteroatoms. The minimum Gasteiger partial charge on any atom is -0.480 e. The molecule has 2 unspecified atom stereocenters. The van der Waals surface area contributed by atoms with Crippen LogP contribution in [0.5, 0.6) is 11.8 Å². The summed E-state index contributed by atoms with van der Waals surface area (Å²) in [5.74, 6) is 1.23. The van der Waals surface area contributed by atoms with Crippen molar-refractivity contribution in [3.63, 3.8) is 0 Å². The number of rotatable bonds is 13. The first-order valence-electron chi connectivity index (χ1n) is 16.2. The molecule has 2 saturated heterocycles. The number of carbonyl (C=O) groups is 2. The van der Waals surface area contributed by atoms with Crippen molar-refractivity contribution in [2.45, 2.75) is 44.8 Å². The maximum atomic E-state index is 11.7. The van der Waals surface area contributed by atoms with Crippen LogP contribution in [0.2, 0.25) is 10.0 Å². The van der Waals surface area contributed by atoms with Crippen molar-refractivity contribution >= 4 is 35.0 Å². The lowest BCUT2D eigenvalue weighted by atomic mass is 9.97. The lowest BCUT2D eigenvalue weighted by molar-refractivity contribution is -0.123. The topological polar surface area (TPSA) is 152 Å². The first-order valence-corrected chi connectivity index (χ1v) is 17.0. The highest BCUT2D eigenvalue weighted by molar-refractivity contribution is 6.39. The Labute approximate surface area is 294 Å². The lowest BCUT2D eigenvalue weighted by Gasteiger charge is -2.22. The molecule has 0 radical (unpaired) electrons. The molecular weight excluding hydrogens is 667 g/mol. The molecule has 2 aromatic carbocycles. The second kappa shape index (κ2) is 15.9. The van der Waals surface area contributed by atoms with Crippen LogP contribution in [0, 0.1) is 5.92 Å². The predicted octanol–water partition coefficient (Wildman–Crippen LogP) is 4.58. The average molecular weight is 706 g/mol. The summed E-state index contributed by atoms with van der Waals surface area (Å²) in [5.41, 5.74) is 5.20. The summed E-state index contributed by atoms with van der Waals surface area (Å²) in [4.78, 5) is 41.9. The molecule has 6 rings (SSSR count). The molecule has 2 amide bonds. The van der Waals surface area contributed by atoms with Gasteiger partial charge >= 0.3 is 0 Å². The van der Waals surface area contributed by atoms with Crippen molar-refractivity contribution < 1.29 is 19.1 Å². The number of halogens is 2. The van der Waals surface area contributed by atoms with Crippen LogP contribution >= 0.6 is 23.2 Å². The van der Waals surface area contributed by atoms with Gasteiger partial charge in [-0.1, -0.05) is 59.6 Å². The smallest absolute Gasteiger partial charge is 0.237 e. The van der Waals surface area contributed by atoms with Crippen LogP contribution in [0.4, 0.5) is 0 Å². The first kappa shape index (κ1) is 34.5. The van der Waals surface area contributed by atoms with E-state index in [9.17, 15) is 9.59 Å². The Hall–Kier alpha value is -4.36. The van der Waals surface area contributed by atoms with Crippen LogP contribution in [0.15, 0.2) is 48.8 Å². The van der Waals surface area contributed by atoms with Crippen LogP contribution in [0.25, 0.3) is 33.6 Å². The van der Waals surface area contributed by atoms with Gasteiger partial charge in [0.15, 0.2) is 0 Å². The maximum absolute atomic E-state index is 11.7. The van der Waals surface area contributed by atoms with Crippen molar-refractivity contribution in [1.29, 1.82) is 0 Å². The van der Waals surface area contributed by atoms with Gasteiger partial charge in [0.2, 0.25) is 23.6 Å². The zero-order valence-corrected chi connectivity index (χ0v) is 28.8. The van der Waals surface area contributed by atoms with Crippen LogP contribution in [0.1, 0.15) is 37.1 Å². The van der Waals surface area contributed by atoms with Gasteiger partial charge in [0, 0.05) is 67.3 Å². The fourth-order valence-corrected chi connectivity index (χ4v) is 6.76. The van der Waals surface area contributed by atoms with Gasteiger partial charge in [-0.3, -0.25) is 19.6 Å². The Morgan fingerprint density at radius 1 is 0.776 bits per heavy atom. The van der Waals surface area contributed by atoms with Crippen molar-refractivity contribution in [2.24, 2.45) is 5.92 Å². The third-order valence-electron chi connectivity index (χ3n) is 8.69. The number of hydrogen-bond donors (Lipinski definition) is 4. The highest BCUT2D eigenvalue weighted by Crippen LogP contribution is 2.42. The van der Waals surface area contributed by atoms with Gasteiger partial charge in [-0.2, -0.15) is 0 Å². The number of amides is 2. The standard InChI is InChI=1S/C35H38Cl2N8O4/c1-48-34-28(16-38-14-20-11-12-40-31(47)13-20)41-18-26(44-34)24-7-3-5-22(32(24)36)23-6-4-8-25(33(23)37)27-19-42-29(35(45-27)49-2)17-39-15-21-9-10-30(46)43-21/h3-8,18-21,38-39H,9-17H2,1-2H3,(H,40,47)(H,43,46). The van der Waals surface area contributed by atoms with E-state index in [1.807, 2.05) is 36.4 Å². The third-order valence-corrected chi connectivity index (χ3v) is 9.51. The minimum absolute atomic E-state index is 0.0803. The first-order chi connectivity index (χ1) is 23.8. The van der Waals surface area contributed by atoms with E-state index < -0.39 is 0 Å². The normalized spacial score (nSPS) is 17.5. The van der Waals surface area contributed by atoms with Gasteiger partial charge in [0.05, 0.1) is 48.0 Å². The Morgan fingerprint density at radius 3 is 1.84 bits per heavy atom. The Kier molecular flexibility index (Phi) is 11.2. The summed E-state index contributed by atoms with van der Waals surface area (Å²) >= 11 is 14.1. The van der Waals surface area contributed by atoms with Gasteiger partial charge < -0.3 is 30.7 Å². The molecule has 2 aliphatic rings. The average Bonchev–Trinajstić information content (AvgIpc) is 3.53. The molecule has 4 heterocycles. The molecule has 256 valence electrons. The number of benzene rings is 2. The SMILES string of the molecule is COc1nc(-c2cccc(-c3cccc(-c4cnc(CNCC5CCC(=O)N5)c(OC)n4)c3Cl)c2Cl)cnc1CNCC1CCNC(=O)C1. The molecule has 0 spiro atoms. The van der Waals surface area contributed by atoms with Crippen molar-refractivity contribution in [2.75, 3.05) is 33.9 Å². The van der Waals surface area contributed by atoms with E-state index in [1.54, 1.807) is 26.6 Å². The zero-order chi connectivity index (χ0) is 34.3. The number of hydrogen-bond acceptors (Lipinski definition) is 10. The Balaban J connectivity index is 1.19. The molecule has 0 bridgehead atoms. The number of piperidine rings is 1. The molecule has 2 aromatic heterocycles. The minimum atomic E-state index is 0.0803. The van der Waals surface area contributed by atoms with E-state index >= 15 is 0 Å². The summed E-state index contributed by atoms with van der Waals surface area (Å²) in [5, 5.41) is 13.4. The van der Waals surface area contributed by atoms with Gasteiger partial charge in [0.1, 0.15) is 11.4 Å². The van der Waals surface area contributed by atoms with Gasteiger partial charge in [0.25, 0.3) is 0 Å². The second-order valence-electron chi connectivity index (χ2n) is 12.0. The van der Waals surface area contributed by atoms with Crippen molar-refractivity contribution in [1.82, 2.24) is 41.2 Å². The molecule has 12 nitrogen and oxygen atoms in total. The number of aromatic nitrogens is 4. The Bertz CT molecular complexity index is 1840. The van der Waals surface area contributed by atoms with Gasteiger partial charge in [-0.05, 0) is 25.3 Å². The largest absolute Gasteiger partial charge is 0.480 e. The highest BCUT2D eigenvalue weighted by atomic mass is 35.5. The van der Waals surface area contributed by atoms with Gasteiger partial charge in [-0.25, -0.2) is 9.97 Å². The van der Waals surface area contributed by atoms with E-state index in [-0.39, 0.29) is 23.8 Å². The molecule has 2 fully saturated rings. The van der Waals surface area contributed by atoms with E-state index in [1.165, 1.54) is 0 Å². The monoisotopic (exact) mass is 704 g/mol. The fraction of sp³-hybridized carbons (Fsp3) is 0.371. The summed E-state index contributed by atoms with van der Waals surface area (Å²) in [6.45, 7) is 2.93. The molecule has 2 aliphatic heterocycles. The molecule has 49 heavy (non-hydrogen) atoms. The second-order valence-corrected chi connectivity index (χ2v) is 12.8. The summed E-state index contributed by atoms with van der Waals surface area (Å²) < 4.78 is 11.2. The number of methoxy groups -OCH3 is 2. The van der Waals surface area contributed by atoms with Gasteiger partial charge in [-0.15, -0.1) is 0 Å². The number of nitrogens with zero attached hydrogens (tertiary/aromatic N) is 4. The highest BCUT2D eigenvalue weighted by Gasteiger charge is 2.22. The molecule has 0 saturated carbocycles. The number of nitrogens with one attached hydrogen (secondary N) is 4. The quantitative estimate of drug-likeness (QED) is 0.156. The Morgan fingerprint density at radius 2 is 1.33 bits per heavy atom. The zero-order valence-electron chi connectivity index (χ0n) is 27.3. The van der Waals surface area contributed by atoms with E-state index in [0.717, 1.165) is 12.8 Å². The molecule has 4 aromatic rings. The maximum Gasteiger partial charge on any atom is 0.237 e. The van der Waals surface area contributed by atoms with Crippen molar-refractivity contribution in [3.05, 3.63) is 70.2 Å². The summed E-state index contributed by atoms with van der Waals surface area (Å²) in [6.07, 6.45) is 6.18. The third kappa shape index (κ3) is 8.10. The van der Waals surface area contributed by atoms with E-state index in [4.69, 9.17) is 42.6 Å². The number of ether oxygens (including phenoxy) is 2. The molecule has 2 atom stereocenters. The van der Waals surface area contributed by atoms with Crippen LogP contribution < -0.4 is 30.7 Å². The van der Waals surface area contributed by atoms with Crippen LogP contribution in [0.3, 0.4) is 0 Å². The lowest BCUT2D eigenvalue weighted by Crippen LogP contribution is -2.37.